The van der Waals surface area contributed by atoms with Crippen molar-refractivity contribution >= 4 is 23.6 Å². The van der Waals surface area contributed by atoms with Crippen LogP contribution in [0.15, 0.2) is 12.1 Å². The van der Waals surface area contributed by atoms with E-state index in [0.29, 0.717) is 11.1 Å². The lowest BCUT2D eigenvalue weighted by Gasteiger charge is -2.18. The Morgan fingerprint density at radius 2 is 1.80 bits per heavy atom. The van der Waals surface area contributed by atoms with Crippen LogP contribution >= 0.6 is 11.8 Å². The minimum absolute atomic E-state index is 0.0547. The van der Waals surface area contributed by atoms with Crippen LogP contribution in [0.4, 0.5) is 0 Å². The highest BCUT2D eigenvalue weighted by atomic mass is 32.2. The van der Waals surface area contributed by atoms with Gasteiger partial charge in [-0.25, -0.2) is 4.79 Å². The van der Waals surface area contributed by atoms with E-state index in [4.69, 9.17) is 0 Å². The molecule has 0 saturated carbocycles. The van der Waals surface area contributed by atoms with Gasteiger partial charge in [0.1, 0.15) is 0 Å². The number of nitrogens with one attached hydrogen (secondary N) is 1. The summed E-state index contributed by atoms with van der Waals surface area (Å²) < 4.78 is 0. The number of hydrogen-bond acceptors (Lipinski definition) is 3. The van der Waals surface area contributed by atoms with Crippen molar-refractivity contribution in [2.24, 2.45) is 0 Å². The lowest BCUT2D eigenvalue weighted by molar-refractivity contribution is 0.0689. The minimum Gasteiger partial charge on any atom is -0.478 e. The molecule has 4 nitrogen and oxygen atoms in total. The topological polar surface area (TPSA) is 66.4 Å². The molecule has 0 fully saturated rings. The molecule has 1 rings (SSSR count). The van der Waals surface area contributed by atoms with Crippen LogP contribution in [-0.2, 0) is 0 Å². The Kier molecular flexibility index (Phi) is 6.07. The fourth-order valence-electron chi connectivity index (χ4n) is 2.10. The number of hydrogen-bond donors (Lipinski definition) is 2. The summed E-state index contributed by atoms with van der Waals surface area (Å²) in [7, 11) is 0. The zero-order valence-electron chi connectivity index (χ0n) is 12.3. The van der Waals surface area contributed by atoms with Crippen LogP contribution in [0.3, 0.4) is 0 Å². The van der Waals surface area contributed by atoms with Crippen LogP contribution in [0.1, 0.15) is 45.2 Å². The molecule has 1 aromatic carbocycles. The molecule has 20 heavy (non-hydrogen) atoms. The fraction of sp³-hybridized carbons (Fsp3) is 0.467. The van der Waals surface area contributed by atoms with Gasteiger partial charge in [0.2, 0.25) is 0 Å². The molecule has 0 aromatic heterocycles. The van der Waals surface area contributed by atoms with E-state index in [9.17, 15) is 14.7 Å². The second-order valence-electron chi connectivity index (χ2n) is 4.79. The van der Waals surface area contributed by atoms with Gasteiger partial charge in [-0.3, -0.25) is 4.79 Å². The predicted octanol–water partition coefficient (Wildman–Crippen LogP) is 2.87. The molecule has 0 bridgehead atoms. The largest absolute Gasteiger partial charge is 0.478 e. The quantitative estimate of drug-likeness (QED) is 0.847. The molecular weight excluding hydrogens is 274 g/mol. The molecule has 0 aliphatic rings. The van der Waals surface area contributed by atoms with Gasteiger partial charge in [-0.2, -0.15) is 11.8 Å². The third-order valence-corrected chi connectivity index (χ3v) is 3.99. The molecule has 1 unspecified atom stereocenters. The minimum atomic E-state index is -1.06. The Morgan fingerprint density at radius 3 is 2.25 bits per heavy atom. The Bertz CT molecular complexity index is 514. The molecule has 1 aromatic rings. The number of rotatable bonds is 6. The van der Waals surface area contributed by atoms with Gasteiger partial charge >= 0.3 is 5.97 Å². The molecule has 1 amide bonds. The van der Waals surface area contributed by atoms with Crippen molar-refractivity contribution in [3.8, 4) is 0 Å². The van der Waals surface area contributed by atoms with Crippen LogP contribution in [0.5, 0.6) is 0 Å². The summed E-state index contributed by atoms with van der Waals surface area (Å²) in [6, 6.07) is 3.57. The van der Waals surface area contributed by atoms with E-state index in [-0.39, 0.29) is 23.1 Å². The summed E-state index contributed by atoms with van der Waals surface area (Å²) in [5.74, 6) is -0.547. The van der Waals surface area contributed by atoms with Crippen LogP contribution in [0.2, 0.25) is 0 Å². The molecule has 110 valence electrons. The van der Waals surface area contributed by atoms with E-state index >= 15 is 0 Å². The normalized spacial score (nSPS) is 12.0. The lowest BCUT2D eigenvalue weighted by atomic mass is 9.96. The van der Waals surface area contributed by atoms with Gasteiger partial charge in [-0.15, -0.1) is 0 Å². The zero-order chi connectivity index (χ0) is 15.3. The Labute approximate surface area is 124 Å². The number of carboxylic acid groups (broad SMARTS) is 1. The van der Waals surface area contributed by atoms with E-state index in [1.807, 2.05) is 13.2 Å². The average Bonchev–Trinajstić information content (AvgIpc) is 2.39. The monoisotopic (exact) mass is 295 g/mol. The molecular formula is C15H21NO3S. The summed E-state index contributed by atoms with van der Waals surface area (Å²) in [5, 5.41) is 12.3. The van der Waals surface area contributed by atoms with Crippen molar-refractivity contribution in [3.63, 3.8) is 0 Å². The first kappa shape index (κ1) is 16.6. The van der Waals surface area contributed by atoms with E-state index in [1.165, 1.54) is 0 Å². The van der Waals surface area contributed by atoms with E-state index < -0.39 is 5.97 Å². The van der Waals surface area contributed by atoms with Crippen molar-refractivity contribution in [1.82, 2.24) is 5.32 Å². The van der Waals surface area contributed by atoms with Crippen molar-refractivity contribution < 1.29 is 14.7 Å². The van der Waals surface area contributed by atoms with Gasteiger partial charge in [0, 0.05) is 11.8 Å². The smallest absolute Gasteiger partial charge is 0.336 e. The number of aromatic carboxylic acids is 1. The fourth-order valence-corrected chi connectivity index (χ4v) is 2.82. The summed E-state index contributed by atoms with van der Waals surface area (Å²) in [6.45, 7) is 5.47. The first-order chi connectivity index (χ1) is 9.42. The standard InChI is InChI=1S/C15H21NO3S/c1-5-11(8-20-4)16-14(17)12-9(2)6-7-10(3)13(12)15(18)19/h6-7,11H,5,8H2,1-4H3,(H,16,17)(H,18,19). The zero-order valence-corrected chi connectivity index (χ0v) is 13.1. The highest BCUT2D eigenvalue weighted by Gasteiger charge is 2.22. The number of carboxylic acids is 1. The molecule has 1 atom stereocenters. The van der Waals surface area contributed by atoms with Crippen LogP contribution < -0.4 is 5.32 Å². The Balaban J connectivity index is 3.15. The van der Waals surface area contributed by atoms with Gasteiger partial charge in [0.25, 0.3) is 5.91 Å². The summed E-state index contributed by atoms with van der Waals surface area (Å²) >= 11 is 1.66. The maximum Gasteiger partial charge on any atom is 0.336 e. The lowest BCUT2D eigenvalue weighted by Crippen LogP contribution is -2.37. The molecule has 0 saturated heterocycles. The van der Waals surface area contributed by atoms with Gasteiger partial charge in [0.05, 0.1) is 11.1 Å². The molecule has 5 heteroatoms. The van der Waals surface area contributed by atoms with Crippen molar-refractivity contribution in [2.75, 3.05) is 12.0 Å². The van der Waals surface area contributed by atoms with Gasteiger partial charge in [-0.1, -0.05) is 19.1 Å². The van der Waals surface area contributed by atoms with Crippen LogP contribution in [-0.4, -0.2) is 35.0 Å². The highest BCUT2D eigenvalue weighted by molar-refractivity contribution is 7.98. The first-order valence-corrected chi connectivity index (χ1v) is 7.95. The predicted molar refractivity (Wildman–Crippen MR) is 82.8 cm³/mol. The number of thioether (sulfide) groups is 1. The van der Waals surface area contributed by atoms with Crippen molar-refractivity contribution in [2.45, 2.75) is 33.2 Å². The third kappa shape index (κ3) is 3.76. The van der Waals surface area contributed by atoms with Gasteiger partial charge in [0.15, 0.2) is 0 Å². The SMILES string of the molecule is CCC(CSC)NC(=O)c1c(C)ccc(C)c1C(=O)O. The molecule has 0 aliphatic carbocycles. The second-order valence-corrected chi connectivity index (χ2v) is 5.70. The molecule has 0 radical (unpaired) electrons. The summed E-state index contributed by atoms with van der Waals surface area (Å²) in [4.78, 5) is 23.8. The van der Waals surface area contributed by atoms with Crippen LogP contribution in [0, 0.1) is 13.8 Å². The maximum absolute atomic E-state index is 12.4. The van der Waals surface area contributed by atoms with E-state index in [0.717, 1.165) is 12.2 Å². The van der Waals surface area contributed by atoms with Crippen molar-refractivity contribution in [1.29, 1.82) is 0 Å². The number of carbonyl (C=O) groups excluding carboxylic acids is 1. The Morgan fingerprint density at radius 1 is 1.25 bits per heavy atom. The maximum atomic E-state index is 12.4. The average molecular weight is 295 g/mol. The molecule has 0 heterocycles. The molecule has 2 N–H and O–H groups in total. The van der Waals surface area contributed by atoms with Crippen molar-refractivity contribution in [3.05, 3.63) is 34.4 Å². The molecule has 0 spiro atoms. The van der Waals surface area contributed by atoms with E-state index in [2.05, 4.69) is 5.32 Å². The second kappa shape index (κ2) is 7.33. The number of benzene rings is 1. The first-order valence-electron chi connectivity index (χ1n) is 6.55. The van der Waals surface area contributed by atoms with Gasteiger partial charge in [-0.05, 0) is 37.7 Å². The number of aryl methyl sites for hydroxylation is 2. The number of amides is 1. The van der Waals surface area contributed by atoms with E-state index in [1.54, 1.807) is 37.7 Å². The molecule has 0 aliphatic heterocycles. The third-order valence-electron chi connectivity index (χ3n) is 3.26. The Hall–Kier alpha value is -1.49. The number of carbonyl (C=O) groups is 2. The highest BCUT2D eigenvalue weighted by Crippen LogP contribution is 2.19. The summed E-state index contributed by atoms with van der Waals surface area (Å²) in [6.07, 6.45) is 2.80. The van der Waals surface area contributed by atoms with Gasteiger partial charge < -0.3 is 10.4 Å². The van der Waals surface area contributed by atoms with Crippen LogP contribution in [0.25, 0.3) is 0 Å². The summed E-state index contributed by atoms with van der Waals surface area (Å²) in [5.41, 5.74) is 1.66.